The van der Waals surface area contributed by atoms with Crippen LogP contribution in [0.25, 0.3) is 0 Å². The van der Waals surface area contributed by atoms with Crippen molar-refractivity contribution in [2.45, 2.75) is 31.8 Å². The first-order chi connectivity index (χ1) is 18.5. The normalized spacial score (nSPS) is 18.4. The van der Waals surface area contributed by atoms with Gasteiger partial charge in [0.05, 0.1) is 12.2 Å². The zero-order chi connectivity index (χ0) is 26.8. The van der Waals surface area contributed by atoms with Gasteiger partial charge >= 0.3 is 39.3 Å². The van der Waals surface area contributed by atoms with Crippen LogP contribution in [0.2, 0.25) is 0 Å². The molecule has 38 heavy (non-hydrogen) atoms. The van der Waals surface area contributed by atoms with E-state index in [-0.39, 0.29) is 12.2 Å². The number of hydrogen-bond donors (Lipinski definition) is 0. The van der Waals surface area contributed by atoms with Crippen LogP contribution in [0.4, 0.5) is 0 Å². The number of hydrogen-bond acceptors (Lipinski definition) is 2. The molecule has 0 aromatic heterocycles. The molecule has 7 heteroatoms. The first-order valence-electron chi connectivity index (χ1n) is 12.4. The van der Waals surface area contributed by atoms with Crippen LogP contribution in [0, 0.1) is 0 Å². The number of halogens is 2. The molecule has 0 N–H and O–H groups in total. The third kappa shape index (κ3) is 8.55. The van der Waals surface area contributed by atoms with Crippen molar-refractivity contribution in [3.05, 3.63) is 121 Å². The Labute approximate surface area is 249 Å². The average molecular weight is 717 g/mol. The average Bonchev–Trinajstić information content (AvgIpc) is 3.25. The van der Waals surface area contributed by atoms with Gasteiger partial charge < -0.3 is 9.47 Å². The second kappa shape index (κ2) is 15.2. The Morgan fingerprint density at radius 3 is 1.03 bits per heavy atom. The van der Waals surface area contributed by atoms with Gasteiger partial charge in [-0.05, 0) is 50.9 Å². The van der Waals surface area contributed by atoms with Crippen LogP contribution < -0.4 is 21.2 Å². The van der Waals surface area contributed by atoms with E-state index in [4.69, 9.17) is 9.47 Å². The molecule has 202 valence electrons. The van der Waals surface area contributed by atoms with Crippen LogP contribution >= 0.6 is 44.3 Å². The molecule has 0 radical (unpaired) electrons. The molecule has 0 unspecified atom stereocenters. The fourth-order valence-corrected chi connectivity index (χ4v) is 9.64. The molecule has 0 spiro atoms. The van der Waals surface area contributed by atoms with Crippen molar-refractivity contribution >= 4 is 65.5 Å². The summed E-state index contributed by atoms with van der Waals surface area (Å²) < 4.78 is 13.2. The molecule has 1 heterocycles. The third-order valence-corrected chi connectivity index (χ3v) is 11.4. The van der Waals surface area contributed by atoms with Gasteiger partial charge in [0.2, 0.25) is 0 Å². The number of rotatable bonds is 8. The minimum atomic E-state index is -0.585. The summed E-state index contributed by atoms with van der Waals surface area (Å²) in [7, 11) is 0.127. The molecule has 1 saturated heterocycles. The van der Waals surface area contributed by atoms with E-state index >= 15 is 0 Å². The molecule has 0 aliphatic carbocycles. The van der Waals surface area contributed by atoms with Gasteiger partial charge in [-0.25, -0.2) is 0 Å². The van der Waals surface area contributed by atoms with E-state index in [1.807, 2.05) is 0 Å². The minimum absolute atomic E-state index is 0.0361. The molecule has 4 aromatic rings. The summed E-state index contributed by atoms with van der Waals surface area (Å²) in [4.78, 5) is 0. The van der Waals surface area contributed by atoms with Gasteiger partial charge in [-0.2, -0.15) is 0 Å². The fourth-order valence-electron chi connectivity index (χ4n) is 4.73. The molecule has 0 bridgehead atoms. The summed E-state index contributed by atoms with van der Waals surface area (Å²) in [5, 5.41) is 5.53. The van der Waals surface area contributed by atoms with Crippen LogP contribution in [0.3, 0.4) is 0 Å². The topological polar surface area (TPSA) is 18.5 Å². The van der Waals surface area contributed by atoms with Crippen molar-refractivity contribution in [3.63, 3.8) is 0 Å². The molecule has 1 aliphatic heterocycles. The summed E-state index contributed by atoms with van der Waals surface area (Å²) in [5.74, 6) is -0.585. The Bertz CT molecular complexity index is 1040. The quantitative estimate of drug-likeness (QED) is 0.139. The van der Waals surface area contributed by atoms with Gasteiger partial charge in [0.15, 0.2) is 5.79 Å². The van der Waals surface area contributed by atoms with E-state index in [1.54, 1.807) is 0 Å². The maximum absolute atomic E-state index is 6.61. The van der Waals surface area contributed by atoms with Gasteiger partial charge in [0.1, 0.15) is 0 Å². The summed E-state index contributed by atoms with van der Waals surface area (Å²) in [6, 6.07) is 43.6. The van der Waals surface area contributed by atoms with Crippen molar-refractivity contribution in [1.82, 2.24) is 0 Å². The molecule has 2 nitrogen and oxygen atoms in total. The van der Waals surface area contributed by atoms with Crippen molar-refractivity contribution < 1.29 is 20.4 Å². The molecule has 0 saturated carbocycles. The van der Waals surface area contributed by atoms with Crippen LogP contribution in [0.5, 0.6) is 0 Å². The van der Waals surface area contributed by atoms with Crippen LogP contribution in [0.15, 0.2) is 121 Å². The summed E-state index contributed by atoms with van der Waals surface area (Å²) in [6.07, 6.45) is 1.97. The van der Waals surface area contributed by atoms with Gasteiger partial charge in [-0.1, -0.05) is 121 Å². The Kier molecular flexibility index (Phi) is 12.0. The van der Waals surface area contributed by atoms with E-state index in [0.29, 0.717) is 0 Å². The fraction of sp³-hybridized carbons (Fsp3) is 0.226. The van der Waals surface area contributed by atoms with E-state index in [9.17, 15) is 0 Å². The molecule has 1 fully saturated rings. The second-order valence-electron chi connectivity index (χ2n) is 9.32. The zero-order valence-corrected chi connectivity index (χ0v) is 27.3. The van der Waals surface area contributed by atoms with Gasteiger partial charge in [0, 0.05) is 12.3 Å². The Balaban J connectivity index is 0.00000107. The van der Waals surface area contributed by atoms with Gasteiger partial charge in [-0.15, -0.1) is 0 Å². The zero-order valence-electron chi connectivity index (χ0n) is 21.4. The molecule has 2 atom stereocenters. The second-order valence-corrected chi connectivity index (χ2v) is 18.8. The van der Waals surface area contributed by atoms with Crippen molar-refractivity contribution in [2.75, 3.05) is 12.3 Å². The van der Waals surface area contributed by atoms with E-state index in [1.165, 1.54) is 32.1 Å². The van der Waals surface area contributed by atoms with Gasteiger partial charge in [0.25, 0.3) is 0 Å². The Hall–Kier alpha value is -0.886. The monoisotopic (exact) mass is 714 g/mol. The maximum atomic E-state index is 6.61. The number of benzene rings is 4. The molecule has 5 rings (SSSR count). The van der Waals surface area contributed by atoms with Crippen LogP contribution in [-0.4, -0.2) is 30.3 Å². The SMILES string of the molecule is CC1(C)O[C@@H](CP(c2ccccc2)c2ccccc2)[C@H](CP(c2ccccc2)c2ccccc2)O1.[Br][Ni][Br]. The molecule has 1 aliphatic rings. The summed E-state index contributed by atoms with van der Waals surface area (Å²) in [6.45, 7) is 4.11. The first-order valence-corrected chi connectivity index (χ1v) is 20.4. The van der Waals surface area contributed by atoms with Crippen molar-refractivity contribution in [3.8, 4) is 0 Å². The first kappa shape index (κ1) is 30.1. The summed E-state index contributed by atoms with van der Waals surface area (Å²) >= 11 is 6.00. The molecular weight excluding hydrogens is 685 g/mol. The van der Waals surface area contributed by atoms with Crippen molar-refractivity contribution in [1.29, 1.82) is 0 Å². The molecule has 0 amide bonds. The van der Waals surface area contributed by atoms with E-state index in [2.05, 4.69) is 164 Å². The van der Waals surface area contributed by atoms with Crippen molar-refractivity contribution in [2.24, 2.45) is 0 Å². The molecular formula is C31H32Br2NiO2P2. The predicted molar refractivity (Wildman–Crippen MR) is 170 cm³/mol. The third-order valence-electron chi connectivity index (χ3n) is 6.28. The standard InChI is InChI=1S/C31H32O2P2.2BrH.Ni/c1-31(2)32-29(23-34(25-15-7-3-8-16-25)26-17-9-4-10-18-26)30(33-31)24-35(27-19-11-5-12-20-27)28-21-13-6-14-22-28;;;/h3-22,29-30H,23-24H2,1-2H3;2*1H;/q;;;+2/p-2/t29-,30-;;;/m0.../s1. The molecule has 4 aromatic carbocycles. The van der Waals surface area contributed by atoms with Crippen LogP contribution in [-0.2, 0) is 20.4 Å². The Morgan fingerprint density at radius 2 is 0.789 bits per heavy atom. The van der Waals surface area contributed by atoms with Crippen LogP contribution in [0.1, 0.15) is 13.8 Å². The summed E-state index contributed by atoms with van der Waals surface area (Å²) in [5.41, 5.74) is 0. The van der Waals surface area contributed by atoms with E-state index < -0.39 is 21.6 Å². The van der Waals surface area contributed by atoms with E-state index in [0.717, 1.165) is 12.3 Å². The van der Waals surface area contributed by atoms with Gasteiger partial charge in [-0.3, -0.25) is 0 Å². The number of ether oxygens (including phenoxy) is 2. The Morgan fingerprint density at radius 1 is 0.553 bits per heavy atom. The predicted octanol–water partition coefficient (Wildman–Crippen LogP) is 7.46.